The maximum Gasteiger partial charge on any atom is 0.297 e. The van der Waals surface area contributed by atoms with E-state index in [4.69, 9.17) is 29.6 Å². The van der Waals surface area contributed by atoms with Crippen LogP contribution in [0.25, 0.3) is 10.2 Å². The maximum absolute atomic E-state index is 12.8. The predicted octanol–water partition coefficient (Wildman–Crippen LogP) is 4.47. The van der Waals surface area contributed by atoms with Crippen molar-refractivity contribution >= 4 is 50.7 Å². The van der Waals surface area contributed by atoms with Gasteiger partial charge in [-0.1, -0.05) is 40.5 Å². The van der Waals surface area contributed by atoms with Gasteiger partial charge in [0, 0.05) is 6.04 Å². The van der Waals surface area contributed by atoms with Gasteiger partial charge in [0.1, 0.15) is 5.69 Å². The first kappa shape index (κ1) is 18.7. The summed E-state index contributed by atoms with van der Waals surface area (Å²) >= 11 is 13.9. The van der Waals surface area contributed by atoms with Crippen LogP contribution >= 0.6 is 34.5 Å². The highest BCUT2D eigenvalue weighted by molar-refractivity contribution is 7.17. The summed E-state index contributed by atoms with van der Waals surface area (Å²) in [6.07, 6.45) is 5.49. The number of rotatable bonds is 3. The van der Waals surface area contributed by atoms with Crippen LogP contribution in [-0.2, 0) is 6.54 Å². The standard InChI is InChI=1S/C18H16Cl2N4OS/c1-5-8-23-15-12(19)6-7-13(20)16(15)26-18(23)21-17(25)14-9-11(4)22-24(14)10(2)3/h1,6-7,9-10H,8H2,2-4H3. The lowest BCUT2D eigenvalue weighted by molar-refractivity contribution is 0.0986. The molecule has 0 unspecified atom stereocenters. The molecule has 0 saturated heterocycles. The third-order valence-electron chi connectivity index (χ3n) is 3.74. The fourth-order valence-corrected chi connectivity index (χ4v) is 4.29. The average Bonchev–Trinajstić information content (AvgIpc) is 3.14. The second-order valence-electron chi connectivity index (χ2n) is 6.01. The number of amides is 1. The molecule has 0 radical (unpaired) electrons. The van der Waals surface area contributed by atoms with Gasteiger partial charge in [-0.2, -0.15) is 10.1 Å². The Morgan fingerprint density at radius 3 is 2.73 bits per heavy atom. The van der Waals surface area contributed by atoms with Crippen molar-refractivity contribution in [1.82, 2.24) is 14.3 Å². The summed E-state index contributed by atoms with van der Waals surface area (Å²) in [5.41, 5.74) is 1.87. The summed E-state index contributed by atoms with van der Waals surface area (Å²) in [6.45, 7) is 5.99. The van der Waals surface area contributed by atoms with Crippen LogP contribution in [0.15, 0.2) is 23.2 Å². The van der Waals surface area contributed by atoms with Crippen molar-refractivity contribution < 1.29 is 4.79 Å². The first-order valence-electron chi connectivity index (χ1n) is 7.89. The maximum atomic E-state index is 12.8. The van der Waals surface area contributed by atoms with E-state index in [1.54, 1.807) is 27.4 Å². The smallest absolute Gasteiger partial charge is 0.297 e. The number of fused-ring (bicyclic) bond motifs is 1. The van der Waals surface area contributed by atoms with Crippen molar-refractivity contribution in [2.45, 2.75) is 33.4 Å². The molecular formula is C18H16Cl2N4OS. The normalized spacial score (nSPS) is 12.1. The molecule has 8 heteroatoms. The van der Waals surface area contributed by atoms with Crippen LogP contribution in [0.5, 0.6) is 0 Å². The van der Waals surface area contributed by atoms with Crippen LogP contribution in [0.1, 0.15) is 36.1 Å². The molecule has 0 spiro atoms. The van der Waals surface area contributed by atoms with Crippen LogP contribution in [0.3, 0.4) is 0 Å². The number of carbonyl (C=O) groups is 1. The van der Waals surface area contributed by atoms with E-state index < -0.39 is 0 Å². The summed E-state index contributed by atoms with van der Waals surface area (Å²) in [6, 6.07) is 5.19. The van der Waals surface area contributed by atoms with Gasteiger partial charge in [0.25, 0.3) is 5.91 Å². The molecule has 5 nitrogen and oxygen atoms in total. The van der Waals surface area contributed by atoms with Gasteiger partial charge in [-0.15, -0.1) is 6.42 Å². The number of nitrogens with zero attached hydrogens (tertiary/aromatic N) is 4. The largest absolute Gasteiger partial charge is 0.303 e. The Bertz CT molecular complexity index is 1110. The molecule has 0 saturated carbocycles. The van der Waals surface area contributed by atoms with Crippen LogP contribution in [0.4, 0.5) is 0 Å². The molecule has 0 fully saturated rings. The van der Waals surface area contributed by atoms with E-state index in [1.165, 1.54) is 11.3 Å². The number of aryl methyl sites for hydroxylation is 1. The van der Waals surface area contributed by atoms with Gasteiger partial charge >= 0.3 is 0 Å². The number of hydrogen-bond donors (Lipinski definition) is 0. The molecule has 134 valence electrons. The highest BCUT2D eigenvalue weighted by atomic mass is 35.5. The number of hydrogen-bond acceptors (Lipinski definition) is 3. The van der Waals surface area contributed by atoms with E-state index >= 15 is 0 Å². The second-order valence-corrected chi connectivity index (χ2v) is 7.80. The Hall–Kier alpha value is -2.07. The van der Waals surface area contributed by atoms with Gasteiger partial charge < -0.3 is 4.57 Å². The Morgan fingerprint density at radius 1 is 1.38 bits per heavy atom. The first-order valence-corrected chi connectivity index (χ1v) is 9.46. The van der Waals surface area contributed by atoms with Crippen LogP contribution in [0, 0.1) is 19.3 Å². The summed E-state index contributed by atoms with van der Waals surface area (Å²) in [5.74, 6) is 2.19. The Labute approximate surface area is 164 Å². The molecule has 1 aromatic carbocycles. The molecule has 0 aliphatic carbocycles. The second kappa shape index (κ2) is 7.28. The van der Waals surface area contributed by atoms with Crippen molar-refractivity contribution in [3.8, 4) is 12.3 Å². The minimum absolute atomic E-state index is 0.0435. The topological polar surface area (TPSA) is 52.2 Å². The highest BCUT2D eigenvalue weighted by Crippen LogP contribution is 2.31. The molecule has 1 amide bonds. The predicted molar refractivity (Wildman–Crippen MR) is 106 cm³/mol. The number of terminal acetylenes is 1. The van der Waals surface area contributed by atoms with Crippen molar-refractivity contribution in [1.29, 1.82) is 0 Å². The van der Waals surface area contributed by atoms with Crippen molar-refractivity contribution in [2.24, 2.45) is 4.99 Å². The van der Waals surface area contributed by atoms with Gasteiger partial charge in [-0.05, 0) is 39.0 Å². The summed E-state index contributed by atoms with van der Waals surface area (Å²) < 4.78 is 4.14. The lowest BCUT2D eigenvalue weighted by Crippen LogP contribution is -2.18. The number of thiazole rings is 1. The van der Waals surface area contributed by atoms with Crippen LogP contribution in [0.2, 0.25) is 10.0 Å². The molecule has 26 heavy (non-hydrogen) atoms. The van der Waals surface area contributed by atoms with Gasteiger partial charge in [0.2, 0.25) is 0 Å². The summed E-state index contributed by atoms with van der Waals surface area (Å²) in [5, 5.41) is 5.41. The Balaban J connectivity index is 2.24. The van der Waals surface area contributed by atoms with Crippen LogP contribution < -0.4 is 4.80 Å². The minimum Gasteiger partial charge on any atom is -0.303 e. The minimum atomic E-state index is -0.385. The zero-order chi connectivity index (χ0) is 19.0. The SMILES string of the molecule is C#CCn1c(=NC(=O)c2cc(C)nn2C(C)C)sc2c(Cl)ccc(Cl)c21. The molecule has 3 rings (SSSR count). The molecule has 0 aliphatic heterocycles. The van der Waals surface area contributed by atoms with Crippen molar-refractivity contribution in [3.05, 3.63) is 44.4 Å². The van der Waals surface area contributed by atoms with E-state index in [0.29, 0.717) is 26.1 Å². The van der Waals surface area contributed by atoms with Gasteiger partial charge in [-0.25, -0.2) is 0 Å². The number of carbonyl (C=O) groups excluding carboxylic acids is 1. The van der Waals surface area contributed by atoms with Gasteiger partial charge in [0.15, 0.2) is 4.80 Å². The average molecular weight is 407 g/mol. The molecule has 0 atom stereocenters. The van der Waals surface area contributed by atoms with E-state index in [9.17, 15) is 4.79 Å². The highest BCUT2D eigenvalue weighted by Gasteiger charge is 2.17. The molecular weight excluding hydrogens is 391 g/mol. The Kier molecular flexibility index (Phi) is 5.24. The van der Waals surface area contributed by atoms with Crippen LogP contribution in [-0.4, -0.2) is 20.3 Å². The first-order chi connectivity index (χ1) is 12.3. The molecule has 0 bridgehead atoms. The molecule has 0 aliphatic rings. The number of aromatic nitrogens is 3. The third-order valence-corrected chi connectivity index (χ3v) is 5.58. The Morgan fingerprint density at radius 2 is 2.08 bits per heavy atom. The lowest BCUT2D eigenvalue weighted by atomic mass is 10.3. The molecule has 3 aromatic rings. The molecule has 0 N–H and O–H groups in total. The lowest BCUT2D eigenvalue weighted by Gasteiger charge is -2.08. The van der Waals surface area contributed by atoms with E-state index in [1.807, 2.05) is 20.8 Å². The van der Waals surface area contributed by atoms with E-state index in [2.05, 4.69) is 16.0 Å². The monoisotopic (exact) mass is 406 g/mol. The van der Waals surface area contributed by atoms with Crippen molar-refractivity contribution in [3.63, 3.8) is 0 Å². The molecule has 2 heterocycles. The fourth-order valence-electron chi connectivity index (χ4n) is 2.65. The van der Waals surface area contributed by atoms with Crippen molar-refractivity contribution in [2.75, 3.05) is 0 Å². The summed E-state index contributed by atoms with van der Waals surface area (Å²) in [4.78, 5) is 17.5. The van der Waals surface area contributed by atoms with E-state index in [-0.39, 0.29) is 18.5 Å². The number of benzene rings is 1. The van der Waals surface area contributed by atoms with E-state index in [0.717, 1.165) is 10.4 Å². The quantitative estimate of drug-likeness (QED) is 0.602. The zero-order valence-corrected chi connectivity index (χ0v) is 16.8. The summed E-state index contributed by atoms with van der Waals surface area (Å²) in [7, 11) is 0. The number of halogens is 2. The zero-order valence-electron chi connectivity index (χ0n) is 14.5. The fraction of sp³-hybridized carbons (Fsp3) is 0.278. The van der Waals surface area contributed by atoms with Gasteiger partial charge in [0.05, 0.1) is 32.5 Å². The molecule has 2 aromatic heterocycles. The third kappa shape index (κ3) is 3.30. The van der Waals surface area contributed by atoms with Gasteiger partial charge in [-0.3, -0.25) is 9.48 Å².